The van der Waals surface area contributed by atoms with Crippen LogP contribution in [0.2, 0.25) is 0 Å². The van der Waals surface area contributed by atoms with Crippen molar-refractivity contribution in [1.82, 2.24) is 0 Å². The summed E-state index contributed by atoms with van der Waals surface area (Å²) >= 11 is 0. The molecule has 17 heteroatoms. The first-order chi connectivity index (χ1) is 27.0. The van der Waals surface area contributed by atoms with Crippen LogP contribution < -0.4 is 0 Å². The Balaban J connectivity index is 4.80. The predicted octanol–water partition coefficient (Wildman–Crippen LogP) is 7.91. The second kappa shape index (κ2) is 35.1. The molecule has 5 atom stereocenters. The third-order valence-electron chi connectivity index (χ3n) is 8.65. The molecular formula is C40H74O15P2. The van der Waals surface area contributed by atoms with Gasteiger partial charge in [-0.25, -0.2) is 9.13 Å². The lowest BCUT2D eigenvalue weighted by molar-refractivity contribution is -0.161. The Morgan fingerprint density at radius 1 is 0.596 bits per heavy atom. The van der Waals surface area contributed by atoms with E-state index in [1.165, 1.54) is 44.9 Å². The molecule has 0 saturated carbocycles. The van der Waals surface area contributed by atoms with Crippen LogP contribution in [0, 0.1) is 5.92 Å². The smallest absolute Gasteiger partial charge is 0.462 e. The minimum absolute atomic E-state index is 0.0939. The summed E-state index contributed by atoms with van der Waals surface area (Å²) in [4.78, 5) is 52.6. The fraction of sp³-hybridized carbons (Fsp3) is 0.800. The number of phosphoric ester groups is 2. The van der Waals surface area contributed by atoms with Gasteiger partial charge in [0.1, 0.15) is 12.7 Å². The molecule has 0 rings (SSSR count). The molecule has 0 heterocycles. The average molecular weight is 857 g/mol. The average Bonchev–Trinajstić information content (AvgIpc) is 3.14. The maximum absolute atomic E-state index is 12.7. The van der Waals surface area contributed by atoms with E-state index in [4.69, 9.17) is 23.8 Å². The highest BCUT2D eigenvalue weighted by Gasteiger charge is 2.28. The van der Waals surface area contributed by atoms with Crippen LogP contribution in [-0.4, -0.2) is 92.8 Å². The van der Waals surface area contributed by atoms with Gasteiger partial charge in [0.25, 0.3) is 0 Å². The van der Waals surface area contributed by atoms with Gasteiger partial charge in [0.15, 0.2) is 6.10 Å². The molecule has 0 aromatic rings. The molecule has 0 aromatic heterocycles. The van der Waals surface area contributed by atoms with Crippen LogP contribution in [0.3, 0.4) is 0 Å². The number of esters is 2. The summed E-state index contributed by atoms with van der Waals surface area (Å²) in [6, 6.07) is 0. The van der Waals surface area contributed by atoms with Crippen molar-refractivity contribution in [3.05, 3.63) is 36.5 Å². The quantitative estimate of drug-likeness (QED) is 0.0150. The maximum atomic E-state index is 12.7. The molecule has 0 radical (unpaired) electrons. The molecule has 0 spiro atoms. The lowest BCUT2D eigenvalue weighted by Crippen LogP contribution is -2.30. The molecule has 3 unspecified atom stereocenters. The number of allylic oxidation sites excluding steroid dienone is 5. The number of carbonyl (C=O) groups excluding carboxylic acids is 2. The molecule has 0 aliphatic rings. The molecule has 0 aromatic carbocycles. The minimum atomic E-state index is -4.89. The summed E-state index contributed by atoms with van der Waals surface area (Å²) in [5, 5.41) is 30.4. The Labute approximate surface area is 341 Å². The van der Waals surface area contributed by atoms with E-state index in [2.05, 4.69) is 48.0 Å². The van der Waals surface area contributed by atoms with Crippen LogP contribution in [-0.2, 0) is 41.8 Å². The number of unbranched alkanes of at least 4 members (excludes halogenated alkanes) is 10. The lowest BCUT2D eigenvalue weighted by atomic mass is 10.0. The highest BCUT2D eigenvalue weighted by atomic mass is 31.2. The van der Waals surface area contributed by atoms with Crippen LogP contribution in [0.4, 0.5) is 0 Å². The number of rotatable bonds is 38. The predicted molar refractivity (Wildman–Crippen MR) is 219 cm³/mol. The van der Waals surface area contributed by atoms with Crippen molar-refractivity contribution in [3.63, 3.8) is 0 Å². The number of carbonyl (C=O) groups is 2. The second-order valence-electron chi connectivity index (χ2n) is 14.7. The molecular weight excluding hydrogens is 782 g/mol. The summed E-state index contributed by atoms with van der Waals surface area (Å²) in [6.07, 6.45) is 23.4. The van der Waals surface area contributed by atoms with Crippen molar-refractivity contribution >= 4 is 27.6 Å². The van der Waals surface area contributed by atoms with E-state index in [1.807, 2.05) is 12.2 Å². The zero-order chi connectivity index (χ0) is 42.8. The zero-order valence-corrected chi connectivity index (χ0v) is 36.4. The third-order valence-corrected chi connectivity index (χ3v) is 10.1. The summed E-state index contributed by atoms with van der Waals surface area (Å²) in [5.74, 6) is -0.594. The van der Waals surface area contributed by atoms with E-state index in [9.17, 15) is 38.9 Å². The highest BCUT2D eigenvalue weighted by Crippen LogP contribution is 2.43. The summed E-state index contributed by atoms with van der Waals surface area (Å²) in [6.45, 7) is 3.63. The molecule has 0 saturated heterocycles. The monoisotopic (exact) mass is 856 g/mol. The lowest BCUT2D eigenvalue weighted by Gasteiger charge is -2.21. The molecule has 0 bridgehead atoms. The SMILES string of the molecule is CCCCC/C=C\C/C=C\C/C=C\CC(O)C(O)CCCC(=O)O[C@H](COC(=O)CCCCCCCCCCC(C)C)COP(=O)(O)OC[C@@H](O)COP(=O)(O)O. The number of phosphoric acid groups is 2. The Morgan fingerprint density at radius 2 is 1.16 bits per heavy atom. The van der Waals surface area contributed by atoms with E-state index >= 15 is 0 Å². The largest absolute Gasteiger partial charge is 0.472 e. The second-order valence-corrected chi connectivity index (χ2v) is 17.4. The van der Waals surface area contributed by atoms with E-state index in [0.717, 1.165) is 44.4 Å². The number of aliphatic hydroxyl groups excluding tert-OH is 3. The van der Waals surface area contributed by atoms with Crippen LogP contribution in [0.25, 0.3) is 0 Å². The number of hydrogen-bond donors (Lipinski definition) is 6. The summed E-state index contributed by atoms with van der Waals surface area (Å²) in [5.41, 5.74) is 0. The van der Waals surface area contributed by atoms with Crippen LogP contribution in [0.1, 0.15) is 149 Å². The molecule has 334 valence electrons. The molecule has 0 fully saturated rings. The van der Waals surface area contributed by atoms with Crippen molar-refractivity contribution in [1.29, 1.82) is 0 Å². The van der Waals surface area contributed by atoms with Crippen LogP contribution >= 0.6 is 15.6 Å². The summed E-state index contributed by atoms with van der Waals surface area (Å²) < 4.78 is 47.4. The number of hydrogen-bond acceptors (Lipinski definition) is 12. The maximum Gasteiger partial charge on any atom is 0.472 e. The third kappa shape index (κ3) is 38.2. The van der Waals surface area contributed by atoms with Gasteiger partial charge in [0.05, 0.1) is 32.0 Å². The van der Waals surface area contributed by atoms with Gasteiger partial charge in [0.2, 0.25) is 0 Å². The number of aliphatic hydroxyl groups is 3. The minimum Gasteiger partial charge on any atom is -0.462 e. The van der Waals surface area contributed by atoms with Gasteiger partial charge < -0.3 is 39.5 Å². The standard InChI is InChI=1S/C40H74O15P2/c1-4-5-6-7-8-9-10-11-12-16-19-22-26-37(42)38(43)27-24-29-40(45)55-36(33-54-57(49,50)53-31-35(41)30-52-56(46,47)48)32-51-39(44)28-23-20-17-14-13-15-18-21-25-34(2)3/h8-9,11-12,19,22,34-38,41-43H,4-7,10,13-18,20-21,23-33H2,1-3H3,(H,49,50)(H2,46,47,48)/b9-8-,12-11-,22-19-/t35-,36+,37?,38?/m0/s1. The summed E-state index contributed by atoms with van der Waals surface area (Å²) in [7, 11) is -9.78. The fourth-order valence-corrected chi connectivity index (χ4v) is 6.50. The van der Waals surface area contributed by atoms with Crippen molar-refractivity contribution < 1.29 is 71.8 Å². The first kappa shape index (κ1) is 55.3. The zero-order valence-electron chi connectivity index (χ0n) is 34.6. The topological polar surface area (TPSA) is 236 Å². The normalized spacial score (nSPS) is 15.7. The van der Waals surface area contributed by atoms with E-state index in [0.29, 0.717) is 12.8 Å². The van der Waals surface area contributed by atoms with Crippen molar-refractivity contribution in [3.8, 4) is 0 Å². The van der Waals surface area contributed by atoms with Crippen LogP contribution in [0.5, 0.6) is 0 Å². The van der Waals surface area contributed by atoms with E-state index in [-0.39, 0.29) is 32.1 Å². The van der Waals surface area contributed by atoms with Gasteiger partial charge in [-0.05, 0) is 57.3 Å². The first-order valence-electron chi connectivity index (χ1n) is 20.7. The molecule has 0 aliphatic heterocycles. The molecule has 0 amide bonds. The fourth-order valence-electron chi connectivity index (χ4n) is 5.34. The molecule has 6 N–H and O–H groups in total. The van der Waals surface area contributed by atoms with E-state index < -0.39 is 78.4 Å². The van der Waals surface area contributed by atoms with Gasteiger partial charge >= 0.3 is 27.6 Å². The van der Waals surface area contributed by atoms with Gasteiger partial charge in [-0.3, -0.25) is 23.2 Å². The Hall–Kier alpha value is -1.74. The van der Waals surface area contributed by atoms with Crippen molar-refractivity contribution in [2.75, 3.05) is 26.4 Å². The molecule has 57 heavy (non-hydrogen) atoms. The van der Waals surface area contributed by atoms with Crippen molar-refractivity contribution in [2.45, 2.75) is 174 Å². The Kier molecular flexibility index (Phi) is 34.0. The Bertz CT molecular complexity index is 1200. The van der Waals surface area contributed by atoms with Crippen LogP contribution in [0.15, 0.2) is 36.5 Å². The number of ether oxygens (including phenoxy) is 2. The van der Waals surface area contributed by atoms with Gasteiger partial charge in [-0.2, -0.15) is 0 Å². The van der Waals surface area contributed by atoms with Crippen molar-refractivity contribution in [2.24, 2.45) is 5.92 Å². The van der Waals surface area contributed by atoms with Gasteiger partial charge in [-0.1, -0.05) is 121 Å². The first-order valence-corrected chi connectivity index (χ1v) is 23.7. The highest BCUT2D eigenvalue weighted by molar-refractivity contribution is 7.47. The molecule has 15 nitrogen and oxygen atoms in total. The van der Waals surface area contributed by atoms with E-state index in [1.54, 1.807) is 6.08 Å². The Morgan fingerprint density at radius 3 is 1.79 bits per heavy atom. The molecule has 0 aliphatic carbocycles. The van der Waals surface area contributed by atoms with Gasteiger partial charge in [-0.15, -0.1) is 0 Å². The van der Waals surface area contributed by atoms with Gasteiger partial charge in [0, 0.05) is 12.8 Å².